The lowest BCUT2D eigenvalue weighted by Crippen LogP contribution is -2.35. The number of benzene rings is 2. The van der Waals surface area contributed by atoms with Crippen molar-refractivity contribution >= 4 is 5.91 Å². The zero-order valence-corrected chi connectivity index (χ0v) is 15.4. The van der Waals surface area contributed by atoms with E-state index in [1.165, 1.54) is 0 Å². The lowest BCUT2D eigenvalue weighted by Gasteiger charge is -2.15. The molecule has 140 valence electrons. The number of nitrogens with one attached hydrogen (secondary N) is 1. The highest BCUT2D eigenvalue weighted by molar-refractivity contribution is 5.94. The van der Waals surface area contributed by atoms with Gasteiger partial charge in [0.05, 0.1) is 5.69 Å². The van der Waals surface area contributed by atoms with Gasteiger partial charge in [0.2, 0.25) is 0 Å². The van der Waals surface area contributed by atoms with E-state index in [-0.39, 0.29) is 19.1 Å². The zero-order valence-electron chi connectivity index (χ0n) is 15.4. The number of hydrogen-bond donors (Lipinski definition) is 2. The van der Waals surface area contributed by atoms with Crippen LogP contribution in [0.4, 0.5) is 0 Å². The van der Waals surface area contributed by atoms with Crippen molar-refractivity contribution in [2.75, 3.05) is 13.2 Å². The summed E-state index contributed by atoms with van der Waals surface area (Å²) in [6.45, 7) is 4.19. The van der Waals surface area contributed by atoms with E-state index in [1.807, 2.05) is 50.4 Å². The molecule has 2 aromatic carbocycles. The van der Waals surface area contributed by atoms with Gasteiger partial charge in [-0.25, -0.2) is 4.68 Å². The summed E-state index contributed by atoms with van der Waals surface area (Å²) in [5.74, 6) is 0.479. The highest BCUT2D eigenvalue weighted by Crippen LogP contribution is 2.18. The fraction of sp³-hybridized carbons (Fsp3) is 0.238. The number of aryl methyl sites for hydroxylation is 2. The maximum absolute atomic E-state index is 12.3. The van der Waals surface area contributed by atoms with Gasteiger partial charge in [-0.3, -0.25) is 4.79 Å². The molecule has 0 aliphatic carbocycles. The van der Waals surface area contributed by atoms with Crippen molar-refractivity contribution < 1.29 is 14.6 Å². The maximum Gasteiger partial charge on any atom is 0.251 e. The summed E-state index contributed by atoms with van der Waals surface area (Å²) < 4.78 is 7.33. The van der Waals surface area contributed by atoms with Crippen molar-refractivity contribution in [3.63, 3.8) is 0 Å². The first kappa shape index (κ1) is 18.7. The van der Waals surface area contributed by atoms with Gasteiger partial charge in [0.15, 0.2) is 0 Å². The fourth-order valence-electron chi connectivity index (χ4n) is 2.73. The van der Waals surface area contributed by atoms with E-state index in [4.69, 9.17) is 4.74 Å². The molecule has 1 aromatic heterocycles. The minimum atomic E-state index is -0.802. The van der Waals surface area contributed by atoms with Crippen molar-refractivity contribution in [2.45, 2.75) is 20.0 Å². The average Bonchev–Trinajstić information content (AvgIpc) is 3.20. The Labute approximate surface area is 158 Å². The average molecular weight is 365 g/mol. The molecular formula is C21H23N3O3. The normalized spacial score (nSPS) is 11.8. The summed E-state index contributed by atoms with van der Waals surface area (Å²) in [6.07, 6.45) is 2.69. The van der Waals surface area contributed by atoms with Crippen LogP contribution in [-0.4, -0.2) is 40.0 Å². The van der Waals surface area contributed by atoms with E-state index in [0.717, 1.165) is 22.6 Å². The molecule has 0 unspecified atom stereocenters. The molecule has 2 N–H and O–H groups in total. The third kappa shape index (κ3) is 4.95. The second-order valence-corrected chi connectivity index (χ2v) is 6.44. The van der Waals surface area contributed by atoms with Crippen LogP contribution in [0.15, 0.2) is 60.9 Å². The Morgan fingerprint density at radius 2 is 2.07 bits per heavy atom. The van der Waals surface area contributed by atoms with E-state index in [1.54, 1.807) is 29.1 Å². The van der Waals surface area contributed by atoms with Crippen molar-refractivity contribution in [1.82, 2.24) is 15.1 Å². The zero-order chi connectivity index (χ0) is 19.2. The molecule has 0 radical (unpaired) electrons. The first-order valence-electron chi connectivity index (χ1n) is 8.79. The van der Waals surface area contributed by atoms with Crippen LogP contribution in [0.5, 0.6) is 5.75 Å². The molecule has 0 spiro atoms. The third-order valence-electron chi connectivity index (χ3n) is 4.14. The van der Waals surface area contributed by atoms with Crippen molar-refractivity contribution in [3.8, 4) is 11.4 Å². The number of nitrogens with zero attached hydrogens (tertiary/aromatic N) is 2. The topological polar surface area (TPSA) is 76.4 Å². The van der Waals surface area contributed by atoms with Gasteiger partial charge in [-0.05, 0) is 49.7 Å². The van der Waals surface area contributed by atoms with Crippen LogP contribution in [0.2, 0.25) is 0 Å². The number of amides is 1. The Kier molecular flexibility index (Phi) is 5.88. The molecule has 0 aliphatic rings. The second kappa shape index (κ2) is 8.51. The number of carbonyl (C=O) groups excluding carboxylic acids is 1. The van der Waals surface area contributed by atoms with Gasteiger partial charge in [0, 0.05) is 24.5 Å². The smallest absolute Gasteiger partial charge is 0.251 e. The van der Waals surface area contributed by atoms with Crippen molar-refractivity contribution in [2.24, 2.45) is 0 Å². The second-order valence-electron chi connectivity index (χ2n) is 6.44. The van der Waals surface area contributed by atoms with Crippen LogP contribution in [0, 0.1) is 13.8 Å². The molecule has 6 heteroatoms. The summed E-state index contributed by atoms with van der Waals surface area (Å²) in [5, 5.41) is 17.0. The number of aromatic nitrogens is 2. The summed E-state index contributed by atoms with van der Waals surface area (Å²) in [5.41, 5.74) is 3.48. The minimum absolute atomic E-state index is 0.107. The quantitative estimate of drug-likeness (QED) is 0.675. The summed E-state index contributed by atoms with van der Waals surface area (Å²) in [6, 6.07) is 14.8. The standard InChI is InChI=1S/C21H23N3O3/c1-15-7-8-20(16(2)11-15)27-14-19(25)13-22-21(26)17-5-3-6-18(12-17)24-10-4-9-23-24/h3-12,19,25H,13-14H2,1-2H3,(H,22,26)/t19-/m1/s1. The van der Waals surface area contributed by atoms with E-state index in [0.29, 0.717) is 5.56 Å². The first-order chi connectivity index (χ1) is 13.0. The van der Waals surface area contributed by atoms with Crippen LogP contribution in [-0.2, 0) is 0 Å². The SMILES string of the molecule is Cc1ccc(OC[C@H](O)CNC(=O)c2cccc(-n3cccn3)c2)c(C)c1. The monoisotopic (exact) mass is 365 g/mol. The summed E-state index contributed by atoms with van der Waals surface area (Å²) in [7, 11) is 0. The Hall–Kier alpha value is -3.12. The van der Waals surface area contributed by atoms with Crippen LogP contribution >= 0.6 is 0 Å². The lowest BCUT2D eigenvalue weighted by atomic mass is 10.1. The minimum Gasteiger partial charge on any atom is -0.491 e. The number of hydrogen-bond acceptors (Lipinski definition) is 4. The lowest BCUT2D eigenvalue weighted by molar-refractivity contribution is 0.0842. The number of rotatable bonds is 7. The van der Waals surface area contributed by atoms with Gasteiger partial charge in [-0.15, -0.1) is 0 Å². The van der Waals surface area contributed by atoms with Crippen LogP contribution in [0.1, 0.15) is 21.5 Å². The Balaban J connectivity index is 1.52. The largest absolute Gasteiger partial charge is 0.491 e. The van der Waals surface area contributed by atoms with Gasteiger partial charge in [0.1, 0.15) is 18.5 Å². The highest BCUT2D eigenvalue weighted by atomic mass is 16.5. The maximum atomic E-state index is 12.3. The fourth-order valence-corrected chi connectivity index (χ4v) is 2.73. The number of ether oxygens (including phenoxy) is 1. The molecule has 0 saturated heterocycles. The van der Waals surface area contributed by atoms with Crippen molar-refractivity contribution in [3.05, 3.63) is 77.6 Å². The van der Waals surface area contributed by atoms with Gasteiger partial charge in [-0.1, -0.05) is 23.8 Å². The predicted molar refractivity (Wildman–Crippen MR) is 103 cm³/mol. The molecular weight excluding hydrogens is 342 g/mol. The van der Waals surface area contributed by atoms with Crippen molar-refractivity contribution in [1.29, 1.82) is 0 Å². The molecule has 3 rings (SSSR count). The summed E-state index contributed by atoms with van der Waals surface area (Å²) >= 11 is 0. The molecule has 0 bridgehead atoms. The molecule has 0 fully saturated rings. The predicted octanol–water partition coefficient (Wildman–Crippen LogP) is 2.66. The Morgan fingerprint density at radius 3 is 2.81 bits per heavy atom. The van der Waals surface area contributed by atoms with E-state index in [2.05, 4.69) is 10.4 Å². The number of aliphatic hydroxyl groups is 1. The van der Waals surface area contributed by atoms with E-state index >= 15 is 0 Å². The molecule has 0 saturated carbocycles. The van der Waals surface area contributed by atoms with Gasteiger partial charge in [0.25, 0.3) is 5.91 Å². The van der Waals surface area contributed by atoms with Gasteiger partial charge in [-0.2, -0.15) is 5.10 Å². The highest BCUT2D eigenvalue weighted by Gasteiger charge is 2.11. The molecule has 0 aliphatic heterocycles. The number of aliphatic hydroxyl groups excluding tert-OH is 1. The first-order valence-corrected chi connectivity index (χ1v) is 8.79. The van der Waals surface area contributed by atoms with Gasteiger partial charge < -0.3 is 15.2 Å². The molecule has 3 aromatic rings. The molecule has 27 heavy (non-hydrogen) atoms. The van der Waals surface area contributed by atoms with Gasteiger partial charge >= 0.3 is 0 Å². The molecule has 1 amide bonds. The van der Waals surface area contributed by atoms with Crippen LogP contribution in [0.25, 0.3) is 5.69 Å². The van der Waals surface area contributed by atoms with E-state index in [9.17, 15) is 9.90 Å². The summed E-state index contributed by atoms with van der Waals surface area (Å²) in [4.78, 5) is 12.3. The number of carbonyl (C=O) groups is 1. The Morgan fingerprint density at radius 1 is 1.22 bits per heavy atom. The Bertz CT molecular complexity index is 907. The van der Waals surface area contributed by atoms with Crippen LogP contribution in [0.3, 0.4) is 0 Å². The molecule has 1 heterocycles. The van der Waals surface area contributed by atoms with E-state index < -0.39 is 6.10 Å². The third-order valence-corrected chi connectivity index (χ3v) is 4.14. The van der Waals surface area contributed by atoms with Crippen LogP contribution < -0.4 is 10.1 Å². The molecule has 1 atom stereocenters. The molecule has 6 nitrogen and oxygen atoms in total.